The molecule has 1 aromatic carbocycles. The summed E-state index contributed by atoms with van der Waals surface area (Å²) in [5, 5.41) is 11.7. The molecule has 0 unspecified atom stereocenters. The van der Waals surface area contributed by atoms with Crippen LogP contribution in [0.3, 0.4) is 0 Å². The lowest BCUT2D eigenvalue weighted by Crippen LogP contribution is -2.27. The summed E-state index contributed by atoms with van der Waals surface area (Å²) in [7, 11) is 0. The summed E-state index contributed by atoms with van der Waals surface area (Å²) in [6, 6.07) is 7.99. The topological polar surface area (TPSA) is 97.8 Å². The van der Waals surface area contributed by atoms with Gasteiger partial charge in [0, 0.05) is 6.20 Å². The van der Waals surface area contributed by atoms with E-state index in [4.69, 9.17) is 14.6 Å². The number of ether oxygens (including phenoxy) is 2. The molecule has 1 atom stereocenters. The van der Waals surface area contributed by atoms with E-state index in [1.165, 1.54) is 18.3 Å². The van der Waals surface area contributed by atoms with Gasteiger partial charge in [0.1, 0.15) is 18.9 Å². The Morgan fingerprint density at radius 3 is 2.58 bits per heavy atom. The van der Waals surface area contributed by atoms with E-state index in [-0.39, 0.29) is 17.6 Å². The monoisotopic (exact) mass is 328 g/mol. The van der Waals surface area contributed by atoms with Crippen molar-refractivity contribution in [1.29, 1.82) is 0 Å². The number of benzene rings is 1. The zero-order chi connectivity index (χ0) is 17.1. The molecule has 1 aliphatic heterocycles. The highest BCUT2D eigenvalue weighted by Crippen LogP contribution is 2.32. The number of carbonyl (C=O) groups is 2. The van der Waals surface area contributed by atoms with Crippen LogP contribution in [0.25, 0.3) is 0 Å². The first-order chi connectivity index (χ1) is 11.5. The second-order valence-electron chi connectivity index (χ2n) is 5.34. The van der Waals surface area contributed by atoms with Gasteiger partial charge in [-0.15, -0.1) is 0 Å². The molecule has 2 aromatic rings. The van der Waals surface area contributed by atoms with Crippen molar-refractivity contribution in [3.63, 3.8) is 0 Å². The Balaban J connectivity index is 1.70. The summed E-state index contributed by atoms with van der Waals surface area (Å²) in [5.74, 6) is -0.113. The molecule has 7 nitrogen and oxygen atoms in total. The molecule has 0 saturated heterocycles. The van der Waals surface area contributed by atoms with E-state index in [2.05, 4.69) is 10.3 Å². The molecule has 24 heavy (non-hydrogen) atoms. The minimum atomic E-state index is -1.13. The van der Waals surface area contributed by atoms with E-state index in [0.29, 0.717) is 30.3 Å². The van der Waals surface area contributed by atoms with Gasteiger partial charge in [0.2, 0.25) is 0 Å². The molecule has 1 aromatic heterocycles. The highest BCUT2D eigenvalue weighted by Gasteiger charge is 2.17. The van der Waals surface area contributed by atoms with Crippen molar-refractivity contribution in [3.8, 4) is 11.5 Å². The molecule has 0 saturated carbocycles. The second-order valence-corrected chi connectivity index (χ2v) is 5.34. The third-order valence-corrected chi connectivity index (χ3v) is 3.66. The molecule has 0 fully saturated rings. The molecule has 1 amide bonds. The number of carboxylic acid groups (broad SMARTS) is 1. The third-order valence-electron chi connectivity index (χ3n) is 3.66. The summed E-state index contributed by atoms with van der Waals surface area (Å²) in [6.07, 6.45) is 1.25. The predicted octanol–water partition coefficient (Wildman–Crippen LogP) is 2.04. The number of amides is 1. The molecular formula is C17H16N2O5. The van der Waals surface area contributed by atoms with Crippen molar-refractivity contribution in [2.24, 2.45) is 0 Å². The van der Waals surface area contributed by atoms with Crippen LogP contribution in [0.5, 0.6) is 11.5 Å². The lowest BCUT2D eigenvalue weighted by Gasteiger charge is -2.21. The SMILES string of the molecule is C[C@@H](NC(=O)c1ccc(C(=O)O)nc1)c1ccc2c(c1)OCCO2. The van der Waals surface area contributed by atoms with Crippen LogP contribution in [-0.2, 0) is 0 Å². The lowest BCUT2D eigenvalue weighted by molar-refractivity contribution is 0.0689. The maximum Gasteiger partial charge on any atom is 0.354 e. The maximum atomic E-state index is 12.2. The fourth-order valence-corrected chi connectivity index (χ4v) is 2.35. The van der Waals surface area contributed by atoms with Crippen LogP contribution in [-0.4, -0.2) is 35.2 Å². The van der Waals surface area contributed by atoms with E-state index in [1.807, 2.05) is 25.1 Å². The first-order valence-electron chi connectivity index (χ1n) is 7.44. The number of carboxylic acids is 1. The van der Waals surface area contributed by atoms with Gasteiger partial charge >= 0.3 is 5.97 Å². The second kappa shape index (κ2) is 6.57. The highest BCUT2D eigenvalue weighted by atomic mass is 16.6. The third kappa shape index (κ3) is 3.29. The molecular weight excluding hydrogens is 312 g/mol. The molecule has 0 radical (unpaired) electrons. The molecule has 3 rings (SSSR count). The first kappa shape index (κ1) is 15.8. The zero-order valence-corrected chi connectivity index (χ0v) is 13.0. The van der Waals surface area contributed by atoms with Crippen LogP contribution in [0.1, 0.15) is 39.4 Å². The molecule has 124 valence electrons. The predicted molar refractivity (Wildman–Crippen MR) is 84.5 cm³/mol. The van der Waals surface area contributed by atoms with Gasteiger partial charge in [-0.3, -0.25) is 4.79 Å². The maximum absolute atomic E-state index is 12.2. The Labute approximate surface area is 138 Å². The molecule has 0 bridgehead atoms. The number of nitrogens with zero attached hydrogens (tertiary/aromatic N) is 1. The number of nitrogens with one attached hydrogen (secondary N) is 1. The van der Waals surface area contributed by atoms with Crippen molar-refractivity contribution >= 4 is 11.9 Å². The zero-order valence-electron chi connectivity index (χ0n) is 13.0. The Bertz CT molecular complexity index is 773. The highest BCUT2D eigenvalue weighted by molar-refractivity contribution is 5.95. The van der Waals surface area contributed by atoms with Gasteiger partial charge in [0.25, 0.3) is 5.91 Å². The average Bonchev–Trinajstić information content (AvgIpc) is 2.61. The summed E-state index contributed by atoms with van der Waals surface area (Å²) >= 11 is 0. The first-order valence-corrected chi connectivity index (χ1v) is 7.44. The van der Waals surface area contributed by atoms with Gasteiger partial charge in [-0.2, -0.15) is 0 Å². The molecule has 0 spiro atoms. The normalized spacial score (nSPS) is 13.9. The standard InChI is InChI=1S/C17H16N2O5/c1-10(11-3-5-14-15(8-11)24-7-6-23-14)19-16(20)12-2-4-13(17(21)22)18-9-12/h2-5,8-10H,6-7H2,1H3,(H,19,20)(H,21,22)/t10-/m1/s1. The largest absolute Gasteiger partial charge is 0.486 e. The van der Waals surface area contributed by atoms with Gasteiger partial charge in [-0.05, 0) is 36.8 Å². The van der Waals surface area contributed by atoms with Crippen molar-refractivity contribution in [2.75, 3.05) is 13.2 Å². The molecule has 2 N–H and O–H groups in total. The fraction of sp³-hybridized carbons (Fsp3) is 0.235. The van der Waals surface area contributed by atoms with Crippen LogP contribution >= 0.6 is 0 Å². The smallest absolute Gasteiger partial charge is 0.354 e. The van der Waals surface area contributed by atoms with E-state index in [0.717, 1.165) is 5.56 Å². The number of aromatic carboxylic acids is 1. The van der Waals surface area contributed by atoms with Gasteiger partial charge < -0.3 is 19.9 Å². The van der Waals surface area contributed by atoms with E-state index < -0.39 is 5.97 Å². The van der Waals surface area contributed by atoms with Crippen molar-refractivity contribution in [2.45, 2.75) is 13.0 Å². The number of fused-ring (bicyclic) bond motifs is 1. The van der Waals surface area contributed by atoms with E-state index in [9.17, 15) is 9.59 Å². The summed E-state index contributed by atoms with van der Waals surface area (Å²) < 4.78 is 11.0. The van der Waals surface area contributed by atoms with Gasteiger partial charge in [-0.1, -0.05) is 6.07 Å². The Morgan fingerprint density at radius 1 is 1.17 bits per heavy atom. The van der Waals surface area contributed by atoms with Crippen LogP contribution in [0, 0.1) is 0 Å². The number of hydrogen-bond donors (Lipinski definition) is 2. The average molecular weight is 328 g/mol. The van der Waals surface area contributed by atoms with Crippen molar-refractivity contribution in [3.05, 3.63) is 53.3 Å². The lowest BCUT2D eigenvalue weighted by atomic mass is 10.1. The molecule has 2 heterocycles. The van der Waals surface area contributed by atoms with Crippen molar-refractivity contribution < 1.29 is 24.2 Å². The van der Waals surface area contributed by atoms with Gasteiger partial charge in [0.05, 0.1) is 11.6 Å². The number of rotatable bonds is 4. The number of hydrogen-bond acceptors (Lipinski definition) is 5. The number of carbonyl (C=O) groups excluding carboxylic acids is 1. The molecule has 1 aliphatic rings. The Kier molecular flexibility index (Phi) is 4.33. The van der Waals surface area contributed by atoms with Gasteiger partial charge in [0.15, 0.2) is 11.5 Å². The quantitative estimate of drug-likeness (QED) is 0.891. The van der Waals surface area contributed by atoms with E-state index in [1.54, 1.807) is 0 Å². The minimum Gasteiger partial charge on any atom is -0.486 e. The van der Waals surface area contributed by atoms with Crippen LogP contribution < -0.4 is 14.8 Å². The number of aromatic nitrogens is 1. The summed E-state index contributed by atoms with van der Waals surface area (Å²) in [6.45, 7) is 2.87. The van der Waals surface area contributed by atoms with Crippen LogP contribution in [0.15, 0.2) is 36.5 Å². The van der Waals surface area contributed by atoms with Crippen LogP contribution in [0.2, 0.25) is 0 Å². The summed E-state index contributed by atoms with van der Waals surface area (Å²) in [4.78, 5) is 26.8. The Morgan fingerprint density at radius 2 is 1.92 bits per heavy atom. The minimum absolute atomic E-state index is 0.105. The molecule has 0 aliphatic carbocycles. The Hall–Kier alpha value is -3.09. The number of pyridine rings is 1. The fourth-order valence-electron chi connectivity index (χ4n) is 2.35. The summed E-state index contributed by atoms with van der Waals surface area (Å²) in [5.41, 5.74) is 1.07. The van der Waals surface area contributed by atoms with Crippen LogP contribution in [0.4, 0.5) is 0 Å². The van der Waals surface area contributed by atoms with E-state index >= 15 is 0 Å². The van der Waals surface area contributed by atoms with Gasteiger partial charge in [-0.25, -0.2) is 9.78 Å². The molecule has 7 heteroatoms. The van der Waals surface area contributed by atoms with Crippen molar-refractivity contribution in [1.82, 2.24) is 10.3 Å².